The first-order valence-electron chi connectivity index (χ1n) is 6.98. The Balaban J connectivity index is 3.20. The fourth-order valence-corrected chi connectivity index (χ4v) is 2.19. The minimum Gasteiger partial charge on any atom is -0.493 e. The molecule has 3 N–H and O–H groups in total. The van der Waals surface area contributed by atoms with Crippen LogP contribution in [0.1, 0.15) is 24.2 Å². The summed E-state index contributed by atoms with van der Waals surface area (Å²) in [5.74, 6) is -2.14. The predicted octanol–water partition coefficient (Wildman–Crippen LogP) is 1.15. The average molecular weight is 359 g/mol. The standard InChI is InChI=1S/C15H19ClN2O6/c1-8(2)18(6-13(20)21)15(22)9-4-10(16)14(11(5-9)23-3)24-7-12(17)19/h4-5,8H,6-7H2,1-3H3,(H2,17,19)(H,20,21). The molecule has 0 saturated heterocycles. The van der Waals surface area contributed by atoms with Crippen molar-refractivity contribution >= 4 is 29.4 Å². The monoisotopic (exact) mass is 358 g/mol. The summed E-state index contributed by atoms with van der Waals surface area (Å²) in [5.41, 5.74) is 5.15. The van der Waals surface area contributed by atoms with Gasteiger partial charge in [-0.25, -0.2) is 0 Å². The molecule has 0 aliphatic carbocycles. The van der Waals surface area contributed by atoms with Gasteiger partial charge in [-0.1, -0.05) is 11.6 Å². The number of amides is 2. The summed E-state index contributed by atoms with van der Waals surface area (Å²) in [7, 11) is 1.34. The van der Waals surface area contributed by atoms with Crippen LogP contribution in [0.2, 0.25) is 5.02 Å². The number of ether oxygens (including phenoxy) is 2. The van der Waals surface area contributed by atoms with Gasteiger partial charge in [0.15, 0.2) is 18.1 Å². The molecule has 0 fully saturated rings. The fourth-order valence-electron chi connectivity index (χ4n) is 1.93. The Hall–Kier alpha value is -2.48. The van der Waals surface area contributed by atoms with Crippen LogP contribution in [0.4, 0.5) is 0 Å². The first kappa shape index (κ1) is 19.6. The van der Waals surface area contributed by atoms with Crippen LogP contribution in [-0.2, 0) is 9.59 Å². The van der Waals surface area contributed by atoms with Crippen LogP contribution in [0.25, 0.3) is 0 Å². The van der Waals surface area contributed by atoms with Gasteiger partial charge in [0.1, 0.15) is 6.54 Å². The molecule has 0 aliphatic heterocycles. The second kappa shape index (κ2) is 8.39. The molecule has 0 aliphatic rings. The summed E-state index contributed by atoms with van der Waals surface area (Å²) >= 11 is 6.09. The van der Waals surface area contributed by atoms with E-state index in [-0.39, 0.29) is 28.1 Å². The number of hydrogen-bond acceptors (Lipinski definition) is 5. The number of rotatable bonds is 8. The number of carbonyl (C=O) groups excluding carboxylic acids is 2. The second-order valence-electron chi connectivity index (χ2n) is 5.16. The molecule has 8 nitrogen and oxygen atoms in total. The maximum Gasteiger partial charge on any atom is 0.323 e. The highest BCUT2D eigenvalue weighted by atomic mass is 35.5. The molecular formula is C15H19ClN2O6. The van der Waals surface area contributed by atoms with E-state index in [1.807, 2.05) is 0 Å². The van der Waals surface area contributed by atoms with Gasteiger partial charge in [0.05, 0.1) is 12.1 Å². The van der Waals surface area contributed by atoms with Gasteiger partial charge < -0.3 is 25.2 Å². The third kappa shape index (κ3) is 5.02. The smallest absolute Gasteiger partial charge is 0.323 e. The summed E-state index contributed by atoms with van der Waals surface area (Å²) in [6, 6.07) is 2.35. The van der Waals surface area contributed by atoms with E-state index in [1.165, 1.54) is 24.1 Å². The van der Waals surface area contributed by atoms with Crippen molar-refractivity contribution in [2.45, 2.75) is 19.9 Å². The van der Waals surface area contributed by atoms with Crippen LogP contribution < -0.4 is 15.2 Å². The number of hydrogen-bond donors (Lipinski definition) is 2. The van der Waals surface area contributed by atoms with Gasteiger partial charge in [-0.3, -0.25) is 14.4 Å². The quantitative estimate of drug-likeness (QED) is 0.719. The van der Waals surface area contributed by atoms with Gasteiger partial charge in [-0.05, 0) is 26.0 Å². The van der Waals surface area contributed by atoms with Crippen LogP contribution in [0.15, 0.2) is 12.1 Å². The molecule has 2 amide bonds. The van der Waals surface area contributed by atoms with Gasteiger partial charge in [-0.15, -0.1) is 0 Å². The lowest BCUT2D eigenvalue weighted by molar-refractivity contribution is -0.138. The predicted molar refractivity (Wildman–Crippen MR) is 86.5 cm³/mol. The SMILES string of the molecule is COc1cc(C(=O)N(CC(=O)O)C(C)C)cc(Cl)c1OCC(N)=O. The molecule has 132 valence electrons. The van der Waals surface area contributed by atoms with E-state index in [4.69, 9.17) is 31.9 Å². The average Bonchev–Trinajstić information content (AvgIpc) is 2.49. The highest BCUT2D eigenvalue weighted by Gasteiger charge is 2.24. The molecule has 24 heavy (non-hydrogen) atoms. The van der Waals surface area contributed by atoms with Gasteiger partial charge >= 0.3 is 5.97 Å². The van der Waals surface area contributed by atoms with Crippen molar-refractivity contribution in [1.29, 1.82) is 0 Å². The molecule has 1 aromatic carbocycles. The maximum absolute atomic E-state index is 12.6. The summed E-state index contributed by atoms with van der Waals surface area (Å²) in [6.07, 6.45) is 0. The highest BCUT2D eigenvalue weighted by Crippen LogP contribution is 2.36. The Labute approximate surface area is 144 Å². The normalized spacial score (nSPS) is 10.4. The van der Waals surface area contributed by atoms with E-state index in [0.29, 0.717) is 0 Å². The Morgan fingerprint density at radius 3 is 2.42 bits per heavy atom. The van der Waals surface area contributed by atoms with Crippen molar-refractivity contribution in [2.24, 2.45) is 5.73 Å². The Morgan fingerprint density at radius 1 is 1.33 bits per heavy atom. The highest BCUT2D eigenvalue weighted by molar-refractivity contribution is 6.32. The Kier molecular flexibility index (Phi) is 6.84. The fraction of sp³-hybridized carbons (Fsp3) is 0.400. The topological polar surface area (TPSA) is 119 Å². The molecule has 0 atom stereocenters. The van der Waals surface area contributed by atoms with Gasteiger partial charge in [0.25, 0.3) is 11.8 Å². The third-order valence-electron chi connectivity index (χ3n) is 3.02. The number of nitrogens with zero attached hydrogens (tertiary/aromatic N) is 1. The first-order valence-corrected chi connectivity index (χ1v) is 7.36. The van der Waals surface area contributed by atoms with E-state index in [2.05, 4.69) is 0 Å². The number of carboxylic acids is 1. The second-order valence-corrected chi connectivity index (χ2v) is 5.57. The number of carboxylic acid groups (broad SMARTS) is 1. The van der Waals surface area contributed by atoms with Gasteiger partial charge in [0.2, 0.25) is 0 Å². The summed E-state index contributed by atoms with van der Waals surface area (Å²) in [5, 5.41) is 8.98. The third-order valence-corrected chi connectivity index (χ3v) is 3.31. The van der Waals surface area contributed by atoms with Crippen molar-refractivity contribution in [3.8, 4) is 11.5 Å². The van der Waals surface area contributed by atoms with Crippen LogP contribution in [0.5, 0.6) is 11.5 Å². The van der Waals surface area contributed by atoms with Gasteiger partial charge in [0, 0.05) is 11.6 Å². The largest absolute Gasteiger partial charge is 0.493 e. The number of carbonyl (C=O) groups is 3. The number of nitrogens with two attached hydrogens (primary N) is 1. The summed E-state index contributed by atoms with van der Waals surface area (Å²) in [6.45, 7) is 2.55. The molecule has 0 radical (unpaired) electrons. The maximum atomic E-state index is 12.6. The molecule has 1 aromatic rings. The molecule has 0 heterocycles. The molecule has 0 unspecified atom stereocenters. The van der Waals surface area contributed by atoms with E-state index in [0.717, 1.165) is 0 Å². The Morgan fingerprint density at radius 2 is 1.96 bits per heavy atom. The molecule has 0 bridgehead atoms. The zero-order valence-electron chi connectivity index (χ0n) is 13.5. The summed E-state index contributed by atoms with van der Waals surface area (Å²) < 4.78 is 10.3. The van der Waals surface area contributed by atoms with Crippen LogP contribution >= 0.6 is 11.6 Å². The number of primary amides is 1. The number of aliphatic carboxylic acids is 1. The van der Waals surface area contributed by atoms with E-state index in [9.17, 15) is 14.4 Å². The molecule has 9 heteroatoms. The lowest BCUT2D eigenvalue weighted by Crippen LogP contribution is -2.40. The van der Waals surface area contributed by atoms with E-state index < -0.39 is 30.9 Å². The van der Waals surface area contributed by atoms with Crippen LogP contribution in [0, 0.1) is 0 Å². The van der Waals surface area contributed by atoms with Crippen molar-refractivity contribution in [2.75, 3.05) is 20.3 Å². The Bertz CT molecular complexity index is 647. The van der Waals surface area contributed by atoms with E-state index in [1.54, 1.807) is 13.8 Å². The van der Waals surface area contributed by atoms with Crippen molar-refractivity contribution in [1.82, 2.24) is 4.90 Å². The minimum atomic E-state index is -1.13. The molecule has 0 aromatic heterocycles. The molecule has 1 rings (SSSR count). The number of methoxy groups -OCH3 is 1. The first-order chi connectivity index (χ1) is 11.2. The zero-order chi connectivity index (χ0) is 18.4. The minimum absolute atomic E-state index is 0.0398. The molecule has 0 saturated carbocycles. The lowest BCUT2D eigenvalue weighted by Gasteiger charge is -2.25. The van der Waals surface area contributed by atoms with Crippen molar-refractivity contribution in [3.63, 3.8) is 0 Å². The van der Waals surface area contributed by atoms with Crippen molar-refractivity contribution in [3.05, 3.63) is 22.7 Å². The number of halogens is 1. The molecule has 0 spiro atoms. The van der Waals surface area contributed by atoms with Crippen LogP contribution in [-0.4, -0.2) is 54.1 Å². The zero-order valence-corrected chi connectivity index (χ0v) is 14.3. The summed E-state index contributed by atoms with van der Waals surface area (Å²) in [4.78, 5) is 35.5. The van der Waals surface area contributed by atoms with E-state index >= 15 is 0 Å². The van der Waals surface area contributed by atoms with Crippen molar-refractivity contribution < 1.29 is 29.0 Å². The van der Waals surface area contributed by atoms with Gasteiger partial charge in [-0.2, -0.15) is 0 Å². The molecular weight excluding hydrogens is 340 g/mol. The lowest BCUT2D eigenvalue weighted by atomic mass is 10.1. The number of benzene rings is 1. The van der Waals surface area contributed by atoms with Crippen LogP contribution in [0.3, 0.4) is 0 Å².